The average molecular weight is 403 g/mol. The first-order valence-electron chi connectivity index (χ1n) is 6.65. The van der Waals surface area contributed by atoms with Crippen LogP contribution in [-0.2, 0) is 16.8 Å². The molecular formula is C15H10BrClFNO2S. The number of ether oxygens (including phenoxy) is 1. The van der Waals surface area contributed by atoms with Crippen molar-refractivity contribution in [2.45, 2.75) is 12.1 Å². The number of amides is 1. The molecule has 7 heteroatoms. The van der Waals surface area contributed by atoms with Gasteiger partial charge in [-0.1, -0.05) is 23.7 Å². The summed E-state index contributed by atoms with van der Waals surface area (Å²) in [6.45, 7) is 1.19. The smallest absolute Gasteiger partial charge is 0.259 e. The number of benzene rings is 1. The Morgan fingerprint density at radius 3 is 2.86 bits per heavy atom. The van der Waals surface area contributed by atoms with Gasteiger partial charge >= 0.3 is 0 Å². The van der Waals surface area contributed by atoms with Crippen molar-refractivity contribution in [3.8, 4) is 0 Å². The van der Waals surface area contributed by atoms with E-state index in [2.05, 4.69) is 15.9 Å². The first kappa shape index (κ1) is 14.6. The van der Waals surface area contributed by atoms with Crippen LogP contribution in [0.2, 0.25) is 5.02 Å². The quantitative estimate of drug-likeness (QED) is 0.754. The molecule has 4 rings (SSSR count). The van der Waals surface area contributed by atoms with Crippen LogP contribution in [0.5, 0.6) is 0 Å². The molecule has 1 saturated heterocycles. The van der Waals surface area contributed by atoms with Crippen molar-refractivity contribution in [2.24, 2.45) is 0 Å². The zero-order valence-corrected chi connectivity index (χ0v) is 14.4. The molecule has 3 nitrogen and oxygen atoms in total. The minimum absolute atomic E-state index is 0.183. The van der Waals surface area contributed by atoms with Crippen LogP contribution in [-0.4, -0.2) is 24.0 Å². The number of halogens is 3. The second-order valence-corrected chi connectivity index (χ2v) is 8.21. The SMILES string of the molecule is O=C1c2c(sc(Br)c2F)C2(COC2)N1Cc1cccc(Cl)c1. The number of thiophene rings is 1. The highest BCUT2D eigenvalue weighted by Gasteiger charge is 2.57. The number of hydrogen-bond acceptors (Lipinski definition) is 3. The summed E-state index contributed by atoms with van der Waals surface area (Å²) in [5, 5.41) is 0.617. The zero-order chi connectivity index (χ0) is 15.5. The highest BCUT2D eigenvalue weighted by molar-refractivity contribution is 9.11. The summed E-state index contributed by atoms with van der Waals surface area (Å²) in [4.78, 5) is 15.2. The van der Waals surface area contributed by atoms with Gasteiger partial charge in [-0.15, -0.1) is 11.3 Å². The van der Waals surface area contributed by atoms with E-state index in [0.29, 0.717) is 28.6 Å². The van der Waals surface area contributed by atoms with Crippen LogP contribution in [0.15, 0.2) is 28.1 Å². The molecule has 0 unspecified atom stereocenters. The normalized spacial score (nSPS) is 18.7. The van der Waals surface area contributed by atoms with E-state index in [1.165, 1.54) is 11.3 Å². The average Bonchev–Trinajstić information content (AvgIpc) is 2.84. The lowest BCUT2D eigenvalue weighted by molar-refractivity contribution is -0.126. The van der Waals surface area contributed by atoms with Crippen molar-refractivity contribution in [1.82, 2.24) is 4.90 Å². The molecule has 0 saturated carbocycles. The monoisotopic (exact) mass is 401 g/mol. The summed E-state index contributed by atoms with van der Waals surface area (Å²) < 4.78 is 20.0. The third kappa shape index (κ3) is 1.91. The lowest BCUT2D eigenvalue weighted by atomic mass is 9.95. The molecule has 0 N–H and O–H groups in total. The van der Waals surface area contributed by atoms with E-state index in [9.17, 15) is 9.18 Å². The van der Waals surface area contributed by atoms with E-state index in [1.54, 1.807) is 11.0 Å². The van der Waals surface area contributed by atoms with Crippen LogP contribution in [0.1, 0.15) is 20.8 Å². The number of nitrogens with zero attached hydrogens (tertiary/aromatic N) is 1. The third-order valence-corrected chi connectivity index (χ3v) is 6.34. The van der Waals surface area contributed by atoms with E-state index in [4.69, 9.17) is 16.3 Å². The molecule has 0 atom stereocenters. The second kappa shape index (κ2) is 5.03. The molecule has 1 aromatic heterocycles. The molecule has 2 aliphatic rings. The Kier molecular flexibility index (Phi) is 3.34. The van der Waals surface area contributed by atoms with Gasteiger partial charge in [-0.05, 0) is 33.6 Å². The van der Waals surface area contributed by atoms with Crippen molar-refractivity contribution in [3.05, 3.63) is 54.9 Å². The Balaban J connectivity index is 1.76. The molecule has 22 heavy (non-hydrogen) atoms. The summed E-state index contributed by atoms with van der Waals surface area (Å²) in [5.74, 6) is -0.748. The number of hydrogen-bond donors (Lipinski definition) is 0. The largest absolute Gasteiger partial charge is 0.376 e. The highest BCUT2D eigenvalue weighted by Crippen LogP contribution is 2.51. The molecular weight excluding hydrogens is 393 g/mol. The predicted octanol–water partition coefficient (Wildman–Crippen LogP) is 4.18. The van der Waals surface area contributed by atoms with E-state index >= 15 is 0 Å². The Labute approximate surface area is 143 Å². The van der Waals surface area contributed by atoms with E-state index < -0.39 is 11.4 Å². The minimum atomic E-state index is -0.535. The molecule has 0 bridgehead atoms. The minimum Gasteiger partial charge on any atom is -0.376 e. The molecule has 2 aliphatic heterocycles. The van der Waals surface area contributed by atoms with Gasteiger partial charge in [-0.3, -0.25) is 4.79 Å². The molecule has 1 aromatic carbocycles. The third-order valence-electron chi connectivity index (χ3n) is 4.12. The van der Waals surface area contributed by atoms with Crippen molar-refractivity contribution in [3.63, 3.8) is 0 Å². The molecule has 0 radical (unpaired) electrons. The zero-order valence-electron chi connectivity index (χ0n) is 11.2. The van der Waals surface area contributed by atoms with Gasteiger partial charge in [0.1, 0.15) is 9.33 Å². The predicted molar refractivity (Wildman–Crippen MR) is 85.8 cm³/mol. The van der Waals surface area contributed by atoms with Crippen LogP contribution in [0.25, 0.3) is 0 Å². The first-order valence-corrected chi connectivity index (χ1v) is 8.64. The molecule has 2 aromatic rings. The molecule has 114 valence electrons. The van der Waals surface area contributed by atoms with Gasteiger partial charge < -0.3 is 9.64 Å². The van der Waals surface area contributed by atoms with Gasteiger partial charge in [0, 0.05) is 11.6 Å². The Hall–Kier alpha value is -0.950. The van der Waals surface area contributed by atoms with Crippen molar-refractivity contribution in [1.29, 1.82) is 0 Å². The Morgan fingerprint density at radius 2 is 2.23 bits per heavy atom. The van der Waals surface area contributed by atoms with Crippen LogP contribution in [0, 0.1) is 5.82 Å². The van der Waals surface area contributed by atoms with Crippen molar-refractivity contribution < 1.29 is 13.9 Å². The summed E-state index contributed by atoms with van der Waals surface area (Å²) >= 11 is 10.5. The topological polar surface area (TPSA) is 29.5 Å². The summed E-state index contributed by atoms with van der Waals surface area (Å²) in [6.07, 6.45) is 0. The molecule has 1 amide bonds. The highest BCUT2D eigenvalue weighted by atomic mass is 79.9. The van der Waals surface area contributed by atoms with E-state index in [-0.39, 0.29) is 11.5 Å². The maximum Gasteiger partial charge on any atom is 0.259 e. The summed E-state index contributed by atoms with van der Waals surface area (Å²) in [6, 6.07) is 7.35. The van der Waals surface area contributed by atoms with Crippen molar-refractivity contribution >= 4 is 44.8 Å². The standard InChI is InChI=1S/C15H10BrClFNO2S/c16-13-11(18)10-12(22-13)15(6-21-7-15)19(14(10)20)5-8-2-1-3-9(17)4-8/h1-4H,5-7H2. The second-order valence-electron chi connectivity index (χ2n) is 5.44. The lowest BCUT2D eigenvalue weighted by Crippen LogP contribution is -2.56. The maximum absolute atomic E-state index is 14.2. The van der Waals surface area contributed by atoms with Gasteiger partial charge in [0.2, 0.25) is 0 Å². The number of fused-ring (bicyclic) bond motifs is 2. The van der Waals surface area contributed by atoms with Gasteiger partial charge in [-0.25, -0.2) is 4.39 Å². The fourth-order valence-electron chi connectivity index (χ4n) is 2.98. The Morgan fingerprint density at radius 1 is 1.45 bits per heavy atom. The first-order chi connectivity index (χ1) is 10.5. The van der Waals surface area contributed by atoms with Gasteiger partial charge in [0.25, 0.3) is 5.91 Å². The lowest BCUT2D eigenvalue weighted by Gasteiger charge is -2.45. The van der Waals surface area contributed by atoms with Crippen LogP contribution in [0.3, 0.4) is 0 Å². The van der Waals surface area contributed by atoms with E-state index in [1.807, 2.05) is 18.2 Å². The molecule has 1 spiro atoms. The van der Waals surface area contributed by atoms with Gasteiger partial charge in [0.15, 0.2) is 5.82 Å². The molecule has 0 aliphatic carbocycles. The number of carbonyl (C=O) groups is 1. The van der Waals surface area contributed by atoms with Crippen LogP contribution in [0.4, 0.5) is 4.39 Å². The summed E-state index contributed by atoms with van der Waals surface area (Å²) in [7, 11) is 0. The fraction of sp³-hybridized carbons (Fsp3) is 0.267. The molecule has 1 fully saturated rings. The van der Waals surface area contributed by atoms with Crippen molar-refractivity contribution in [2.75, 3.05) is 13.2 Å². The summed E-state index contributed by atoms with van der Waals surface area (Å²) in [5.41, 5.74) is 0.565. The van der Waals surface area contributed by atoms with Crippen LogP contribution < -0.4 is 0 Å². The van der Waals surface area contributed by atoms with Gasteiger partial charge in [0.05, 0.1) is 23.7 Å². The Bertz CT molecular complexity index is 790. The van der Waals surface area contributed by atoms with E-state index in [0.717, 1.165) is 10.4 Å². The molecule has 3 heterocycles. The number of rotatable bonds is 2. The van der Waals surface area contributed by atoms with Crippen LogP contribution >= 0.6 is 38.9 Å². The van der Waals surface area contributed by atoms with Gasteiger partial charge in [-0.2, -0.15) is 0 Å². The fourth-order valence-corrected chi connectivity index (χ4v) is 4.94. The maximum atomic E-state index is 14.2. The number of carbonyl (C=O) groups excluding carboxylic acids is 1.